The van der Waals surface area contributed by atoms with Gasteiger partial charge in [-0.25, -0.2) is 0 Å². The number of carbonyl (C=O) groups is 2. The molecule has 0 radical (unpaired) electrons. The first-order valence-electron chi connectivity index (χ1n) is 11.5. The van der Waals surface area contributed by atoms with E-state index in [-0.39, 0.29) is 5.78 Å². The Kier molecular flexibility index (Phi) is 5.00. The Hall–Kier alpha value is -4.65. The smallest absolute Gasteiger partial charge is 0.277 e. The highest BCUT2D eigenvalue weighted by Crippen LogP contribution is 2.50. The van der Waals surface area contributed by atoms with Gasteiger partial charge in [0, 0.05) is 22.4 Å². The van der Waals surface area contributed by atoms with Crippen LogP contribution in [0.25, 0.3) is 10.8 Å². The molecule has 0 aliphatic carbocycles. The van der Waals surface area contributed by atoms with E-state index in [0.717, 1.165) is 10.8 Å². The molecule has 0 unspecified atom stereocenters. The van der Waals surface area contributed by atoms with E-state index in [1.165, 1.54) is 7.11 Å². The molecule has 2 aliphatic heterocycles. The highest BCUT2D eigenvalue weighted by molar-refractivity contribution is 6.25. The number of amides is 1. The summed E-state index contributed by atoms with van der Waals surface area (Å²) >= 11 is 0. The van der Waals surface area contributed by atoms with E-state index in [4.69, 9.17) is 14.3 Å². The van der Waals surface area contributed by atoms with Crippen molar-refractivity contribution in [1.29, 1.82) is 0 Å². The van der Waals surface area contributed by atoms with Crippen molar-refractivity contribution in [3.8, 4) is 11.5 Å². The van der Waals surface area contributed by atoms with Crippen LogP contribution < -0.4 is 14.8 Å². The Labute approximate surface area is 207 Å². The van der Waals surface area contributed by atoms with Gasteiger partial charge in [-0.05, 0) is 41.1 Å². The van der Waals surface area contributed by atoms with Crippen molar-refractivity contribution in [2.75, 3.05) is 19.5 Å². The molecule has 7 nitrogen and oxygen atoms in total. The van der Waals surface area contributed by atoms with Gasteiger partial charge in [-0.1, -0.05) is 59.8 Å². The molecule has 0 saturated carbocycles. The number of anilines is 1. The zero-order valence-corrected chi connectivity index (χ0v) is 19.6. The van der Waals surface area contributed by atoms with Gasteiger partial charge < -0.3 is 19.6 Å². The molecule has 0 fully saturated rings. The summed E-state index contributed by atoms with van der Waals surface area (Å²) in [5.41, 5.74) is 0.966. The summed E-state index contributed by atoms with van der Waals surface area (Å²) in [5, 5.41) is 9.17. The Morgan fingerprint density at radius 1 is 0.889 bits per heavy atom. The molecule has 4 aromatic rings. The molecular formula is C29H22N2O5. The lowest BCUT2D eigenvalue weighted by molar-refractivity contribution is -0.140. The first-order valence-corrected chi connectivity index (χ1v) is 11.5. The quantitative estimate of drug-likeness (QED) is 0.411. The summed E-state index contributed by atoms with van der Waals surface area (Å²) in [7, 11) is 3.09. The zero-order valence-electron chi connectivity index (χ0n) is 19.6. The Morgan fingerprint density at radius 2 is 1.64 bits per heavy atom. The van der Waals surface area contributed by atoms with E-state index in [1.807, 2.05) is 48.5 Å². The Bertz CT molecular complexity index is 1580. The largest absolute Gasteiger partial charge is 0.493 e. The van der Waals surface area contributed by atoms with Gasteiger partial charge in [-0.3, -0.25) is 9.59 Å². The number of ether oxygens (including phenoxy) is 2. The minimum Gasteiger partial charge on any atom is -0.493 e. The molecule has 7 heteroatoms. The SMILES string of the molecule is COc1ccc(C2=NO[C@]3(C(=O)Nc4ccccc43)[C@@H]2C(=O)c2ccc3ccccc3c2)cc1OC. The first kappa shape index (κ1) is 21.9. The van der Waals surface area contributed by atoms with Gasteiger partial charge >= 0.3 is 0 Å². The van der Waals surface area contributed by atoms with Crippen LogP contribution in [-0.2, 0) is 15.2 Å². The maximum atomic E-state index is 14.3. The number of Topliss-reactive ketones (excluding diaryl/α,β-unsaturated/α-hetero) is 1. The number of hydrogen-bond acceptors (Lipinski definition) is 6. The van der Waals surface area contributed by atoms with Gasteiger partial charge in [0.15, 0.2) is 17.3 Å². The van der Waals surface area contributed by atoms with Gasteiger partial charge in [0.2, 0.25) is 0 Å². The van der Waals surface area contributed by atoms with Gasteiger partial charge in [0.25, 0.3) is 11.5 Å². The van der Waals surface area contributed by atoms with Gasteiger partial charge in [-0.2, -0.15) is 0 Å². The number of hydrogen-bond donors (Lipinski definition) is 1. The lowest BCUT2D eigenvalue weighted by atomic mass is 9.74. The van der Waals surface area contributed by atoms with Crippen molar-refractivity contribution in [2.24, 2.45) is 11.1 Å². The van der Waals surface area contributed by atoms with Gasteiger partial charge in [0.05, 0.1) is 14.2 Å². The summed E-state index contributed by atoms with van der Waals surface area (Å²) < 4.78 is 10.8. The summed E-state index contributed by atoms with van der Waals surface area (Å²) in [4.78, 5) is 33.7. The topological polar surface area (TPSA) is 86.2 Å². The number of methoxy groups -OCH3 is 2. The molecule has 2 heterocycles. The second-order valence-electron chi connectivity index (χ2n) is 8.73. The lowest BCUT2D eigenvalue weighted by Crippen LogP contribution is -2.46. The zero-order chi connectivity index (χ0) is 24.9. The van der Waals surface area contributed by atoms with E-state index in [2.05, 4.69) is 10.5 Å². The van der Waals surface area contributed by atoms with Gasteiger partial charge in [-0.15, -0.1) is 0 Å². The Balaban J connectivity index is 1.53. The van der Waals surface area contributed by atoms with Crippen LogP contribution in [0, 0.1) is 5.92 Å². The van der Waals surface area contributed by atoms with Crippen molar-refractivity contribution >= 4 is 33.9 Å². The summed E-state index contributed by atoms with van der Waals surface area (Å²) in [6.45, 7) is 0. The summed E-state index contributed by atoms with van der Waals surface area (Å²) in [5.74, 6) is -0.704. The number of rotatable bonds is 5. The third-order valence-corrected chi connectivity index (χ3v) is 6.86. The molecule has 1 amide bonds. The van der Waals surface area contributed by atoms with Crippen molar-refractivity contribution in [1.82, 2.24) is 0 Å². The fourth-order valence-corrected chi connectivity index (χ4v) is 5.08. The number of ketones is 1. The van der Waals surface area contributed by atoms with Crippen LogP contribution in [0.4, 0.5) is 5.69 Å². The summed E-state index contributed by atoms with van der Waals surface area (Å²) in [6.07, 6.45) is 0. The number of nitrogens with one attached hydrogen (secondary N) is 1. The normalized spacial score (nSPS) is 20.0. The number of nitrogens with zero attached hydrogens (tertiary/aromatic N) is 1. The van der Waals surface area contributed by atoms with Crippen LogP contribution in [0.3, 0.4) is 0 Å². The number of carbonyl (C=O) groups excluding carboxylic acids is 2. The monoisotopic (exact) mass is 478 g/mol. The molecule has 6 rings (SSSR count). The van der Waals surface area contributed by atoms with Crippen LogP contribution >= 0.6 is 0 Å². The molecular weight excluding hydrogens is 456 g/mol. The lowest BCUT2D eigenvalue weighted by Gasteiger charge is -2.27. The van der Waals surface area contributed by atoms with E-state index in [1.54, 1.807) is 43.5 Å². The number of para-hydroxylation sites is 1. The highest BCUT2D eigenvalue weighted by Gasteiger charge is 2.63. The van der Waals surface area contributed by atoms with Crippen LogP contribution in [0.5, 0.6) is 11.5 Å². The van der Waals surface area contributed by atoms with Crippen molar-refractivity contribution in [2.45, 2.75) is 5.60 Å². The van der Waals surface area contributed by atoms with E-state index in [9.17, 15) is 9.59 Å². The third kappa shape index (κ3) is 3.09. The average Bonchev–Trinajstić information content (AvgIpc) is 3.46. The molecule has 2 atom stereocenters. The molecule has 0 saturated heterocycles. The van der Waals surface area contributed by atoms with E-state index in [0.29, 0.717) is 39.6 Å². The first-order chi connectivity index (χ1) is 17.6. The van der Waals surface area contributed by atoms with Crippen molar-refractivity contribution in [3.63, 3.8) is 0 Å². The molecule has 1 N–H and O–H groups in total. The summed E-state index contributed by atoms with van der Waals surface area (Å²) in [6, 6.07) is 25.8. The molecule has 1 spiro atoms. The third-order valence-electron chi connectivity index (χ3n) is 6.86. The minimum absolute atomic E-state index is 0.265. The van der Waals surface area contributed by atoms with Crippen LogP contribution in [-0.4, -0.2) is 31.6 Å². The second kappa shape index (κ2) is 8.23. The Morgan fingerprint density at radius 3 is 2.44 bits per heavy atom. The van der Waals surface area contributed by atoms with Crippen LogP contribution in [0.15, 0.2) is 90.1 Å². The van der Waals surface area contributed by atoms with Gasteiger partial charge in [0.1, 0.15) is 11.6 Å². The van der Waals surface area contributed by atoms with Crippen molar-refractivity contribution in [3.05, 3.63) is 102 Å². The predicted octanol–water partition coefficient (Wildman–Crippen LogP) is 4.94. The van der Waals surface area contributed by atoms with Crippen molar-refractivity contribution < 1.29 is 23.9 Å². The number of benzene rings is 4. The second-order valence-corrected chi connectivity index (χ2v) is 8.73. The van der Waals surface area contributed by atoms with E-state index < -0.39 is 17.4 Å². The molecule has 2 aliphatic rings. The highest BCUT2D eigenvalue weighted by atomic mass is 16.7. The fraction of sp³-hybridized carbons (Fsp3) is 0.138. The minimum atomic E-state index is -1.62. The fourth-order valence-electron chi connectivity index (χ4n) is 5.08. The maximum absolute atomic E-state index is 14.3. The standard InChI is InChI=1S/C29H22N2O5/c1-34-23-14-13-19(16-24(23)35-2)26-25(27(32)20-12-11-17-7-3-4-8-18(17)15-20)29(36-31-26)21-9-5-6-10-22(21)30-28(29)33/h3-16,25H,1-2H3,(H,30,33)/t25-,29-/m0/s1. The number of oxime groups is 1. The molecule has 4 aromatic carbocycles. The molecule has 0 aromatic heterocycles. The van der Waals surface area contributed by atoms with Crippen LogP contribution in [0.1, 0.15) is 21.5 Å². The van der Waals surface area contributed by atoms with Crippen LogP contribution in [0.2, 0.25) is 0 Å². The maximum Gasteiger partial charge on any atom is 0.277 e. The molecule has 36 heavy (non-hydrogen) atoms. The predicted molar refractivity (Wildman–Crippen MR) is 136 cm³/mol. The number of fused-ring (bicyclic) bond motifs is 3. The average molecular weight is 479 g/mol. The molecule has 178 valence electrons. The van der Waals surface area contributed by atoms with E-state index >= 15 is 0 Å². The molecule has 0 bridgehead atoms.